The maximum Gasteiger partial charge on any atom is 0.573 e. The molecule has 1 aliphatic carbocycles. The third-order valence-electron chi connectivity index (χ3n) is 2.66. The molecule has 0 radical (unpaired) electrons. The average Bonchev–Trinajstić information content (AvgIpc) is 2.18. The minimum absolute atomic E-state index is 0.262. The first-order valence-electron chi connectivity index (χ1n) is 4.95. The molecule has 0 heterocycles. The van der Waals surface area contributed by atoms with Crippen LogP contribution in [0.3, 0.4) is 0 Å². The molecule has 2 nitrogen and oxygen atoms in total. The first-order valence-corrected chi connectivity index (χ1v) is 4.95. The van der Waals surface area contributed by atoms with Crippen LogP contribution in [-0.2, 0) is 4.79 Å². The summed E-state index contributed by atoms with van der Waals surface area (Å²) in [6, 6.07) is 3.14. The van der Waals surface area contributed by atoms with Crippen LogP contribution >= 0.6 is 0 Å². The van der Waals surface area contributed by atoms with Crippen molar-refractivity contribution in [2.24, 2.45) is 0 Å². The highest BCUT2D eigenvalue weighted by Crippen LogP contribution is 2.41. The van der Waals surface area contributed by atoms with Crippen LogP contribution in [0.25, 0.3) is 0 Å². The second-order valence-corrected chi connectivity index (χ2v) is 3.76. The molecule has 0 amide bonds. The normalized spacial score (nSPS) is 20.0. The SMILES string of the molecule is O=C1CCC1c1c(F)cccc1OC(F)(F)F. The number of rotatable bonds is 2. The molecule has 1 aliphatic rings. The Morgan fingerprint density at radius 2 is 2.00 bits per heavy atom. The van der Waals surface area contributed by atoms with Crippen LogP contribution in [0.5, 0.6) is 5.75 Å². The standard InChI is InChI=1S/C11H8F4O2/c12-7-2-1-3-9(17-11(13,14)15)10(7)6-4-5-8(6)16/h1-3,6H,4-5H2. The summed E-state index contributed by atoms with van der Waals surface area (Å²) in [7, 11) is 0. The van der Waals surface area contributed by atoms with Gasteiger partial charge in [0.15, 0.2) is 0 Å². The van der Waals surface area contributed by atoms with Crippen LogP contribution in [0, 0.1) is 5.82 Å². The number of halogens is 4. The fourth-order valence-electron chi connectivity index (χ4n) is 1.78. The summed E-state index contributed by atoms with van der Waals surface area (Å²) in [5, 5.41) is 0. The van der Waals surface area contributed by atoms with E-state index in [9.17, 15) is 22.4 Å². The van der Waals surface area contributed by atoms with E-state index < -0.39 is 23.8 Å². The van der Waals surface area contributed by atoms with Gasteiger partial charge in [0.25, 0.3) is 0 Å². The highest BCUT2D eigenvalue weighted by molar-refractivity contribution is 5.91. The number of carbonyl (C=O) groups excluding carboxylic acids is 1. The molecule has 0 N–H and O–H groups in total. The quantitative estimate of drug-likeness (QED) is 0.751. The molecular weight excluding hydrogens is 240 g/mol. The third-order valence-corrected chi connectivity index (χ3v) is 2.66. The van der Waals surface area contributed by atoms with E-state index >= 15 is 0 Å². The number of Topliss-reactive ketones (excluding diaryl/α,β-unsaturated/α-hetero) is 1. The molecule has 1 fully saturated rings. The molecule has 6 heteroatoms. The molecule has 2 rings (SSSR count). The van der Waals surface area contributed by atoms with Crippen LogP contribution < -0.4 is 4.74 Å². The Labute approximate surface area is 94.2 Å². The van der Waals surface area contributed by atoms with E-state index in [-0.39, 0.29) is 17.8 Å². The first kappa shape index (κ1) is 11.9. The summed E-state index contributed by atoms with van der Waals surface area (Å²) in [6.45, 7) is 0. The van der Waals surface area contributed by atoms with Crippen LogP contribution in [0.2, 0.25) is 0 Å². The van der Waals surface area contributed by atoms with E-state index in [0.717, 1.165) is 18.2 Å². The maximum atomic E-state index is 13.5. The number of ketones is 1. The molecule has 0 spiro atoms. The van der Waals surface area contributed by atoms with E-state index in [1.165, 1.54) is 0 Å². The van der Waals surface area contributed by atoms with Crippen molar-refractivity contribution in [2.75, 3.05) is 0 Å². The first-order chi connectivity index (χ1) is 7.88. The Morgan fingerprint density at radius 3 is 2.47 bits per heavy atom. The number of alkyl halides is 3. The summed E-state index contributed by atoms with van der Waals surface area (Å²) < 4.78 is 53.5. The number of carbonyl (C=O) groups is 1. The van der Waals surface area contributed by atoms with Gasteiger partial charge >= 0.3 is 6.36 Å². The molecule has 0 aliphatic heterocycles. The largest absolute Gasteiger partial charge is 0.573 e. The smallest absolute Gasteiger partial charge is 0.405 e. The molecule has 0 bridgehead atoms. The van der Waals surface area contributed by atoms with Gasteiger partial charge in [-0.15, -0.1) is 13.2 Å². The zero-order valence-corrected chi connectivity index (χ0v) is 8.55. The summed E-state index contributed by atoms with van der Waals surface area (Å²) >= 11 is 0. The van der Waals surface area contributed by atoms with Crippen molar-refractivity contribution in [3.8, 4) is 5.75 Å². The Morgan fingerprint density at radius 1 is 1.29 bits per heavy atom. The fourth-order valence-corrected chi connectivity index (χ4v) is 1.78. The fraction of sp³-hybridized carbons (Fsp3) is 0.364. The van der Waals surface area contributed by atoms with Crippen molar-refractivity contribution in [3.63, 3.8) is 0 Å². The van der Waals surface area contributed by atoms with E-state index in [1.807, 2.05) is 0 Å². The Balaban J connectivity index is 2.38. The lowest BCUT2D eigenvalue weighted by molar-refractivity contribution is -0.275. The van der Waals surface area contributed by atoms with Crippen molar-refractivity contribution in [3.05, 3.63) is 29.6 Å². The van der Waals surface area contributed by atoms with E-state index in [4.69, 9.17) is 0 Å². The number of hydrogen-bond donors (Lipinski definition) is 0. The number of benzene rings is 1. The minimum atomic E-state index is -4.89. The average molecular weight is 248 g/mol. The van der Waals surface area contributed by atoms with Crippen LogP contribution in [0.15, 0.2) is 18.2 Å². The molecule has 92 valence electrons. The van der Waals surface area contributed by atoms with Gasteiger partial charge in [-0.1, -0.05) is 6.07 Å². The van der Waals surface area contributed by atoms with Crippen molar-refractivity contribution >= 4 is 5.78 Å². The van der Waals surface area contributed by atoms with Gasteiger partial charge in [0, 0.05) is 17.9 Å². The van der Waals surface area contributed by atoms with Gasteiger partial charge in [0.1, 0.15) is 17.3 Å². The van der Waals surface area contributed by atoms with Crippen LogP contribution in [0.4, 0.5) is 17.6 Å². The monoisotopic (exact) mass is 248 g/mol. The third kappa shape index (κ3) is 2.40. The number of ether oxygens (including phenoxy) is 1. The lowest BCUT2D eigenvalue weighted by atomic mass is 9.78. The highest BCUT2D eigenvalue weighted by Gasteiger charge is 2.38. The van der Waals surface area contributed by atoms with Gasteiger partial charge in [0.05, 0.1) is 0 Å². The second kappa shape index (κ2) is 4.01. The van der Waals surface area contributed by atoms with E-state index in [2.05, 4.69) is 4.74 Å². The zero-order chi connectivity index (χ0) is 12.6. The van der Waals surface area contributed by atoms with Gasteiger partial charge in [-0.05, 0) is 18.6 Å². The molecule has 0 saturated heterocycles. The van der Waals surface area contributed by atoms with Gasteiger partial charge in [0.2, 0.25) is 0 Å². The molecule has 1 atom stereocenters. The van der Waals surface area contributed by atoms with Crippen molar-refractivity contribution < 1.29 is 27.1 Å². The number of hydrogen-bond acceptors (Lipinski definition) is 2. The summed E-state index contributed by atoms with van der Waals surface area (Å²) in [5.41, 5.74) is -0.291. The lowest BCUT2D eigenvalue weighted by Gasteiger charge is -2.26. The predicted molar refractivity (Wildman–Crippen MR) is 50.1 cm³/mol. The van der Waals surface area contributed by atoms with Crippen LogP contribution in [0.1, 0.15) is 24.3 Å². The Hall–Kier alpha value is -1.59. The topological polar surface area (TPSA) is 26.3 Å². The molecule has 1 unspecified atom stereocenters. The van der Waals surface area contributed by atoms with Gasteiger partial charge in [-0.2, -0.15) is 0 Å². The lowest BCUT2D eigenvalue weighted by Crippen LogP contribution is -2.26. The van der Waals surface area contributed by atoms with Gasteiger partial charge in [-0.3, -0.25) is 4.79 Å². The van der Waals surface area contributed by atoms with Crippen molar-refractivity contribution in [2.45, 2.75) is 25.1 Å². The molecule has 1 saturated carbocycles. The second-order valence-electron chi connectivity index (χ2n) is 3.76. The maximum absolute atomic E-state index is 13.5. The molecule has 1 aromatic carbocycles. The van der Waals surface area contributed by atoms with Crippen LogP contribution in [-0.4, -0.2) is 12.1 Å². The Kier molecular flexibility index (Phi) is 2.81. The molecule has 0 aromatic heterocycles. The zero-order valence-electron chi connectivity index (χ0n) is 8.55. The minimum Gasteiger partial charge on any atom is -0.405 e. The summed E-state index contributed by atoms with van der Waals surface area (Å²) in [4.78, 5) is 11.2. The van der Waals surface area contributed by atoms with E-state index in [1.54, 1.807) is 0 Å². The molecule has 1 aromatic rings. The molecule has 17 heavy (non-hydrogen) atoms. The van der Waals surface area contributed by atoms with Crippen molar-refractivity contribution in [1.29, 1.82) is 0 Å². The highest BCUT2D eigenvalue weighted by atomic mass is 19.4. The summed E-state index contributed by atoms with van der Waals surface area (Å²) in [5.74, 6) is -2.55. The van der Waals surface area contributed by atoms with Gasteiger partial charge in [-0.25, -0.2) is 4.39 Å². The van der Waals surface area contributed by atoms with E-state index in [0.29, 0.717) is 6.42 Å². The predicted octanol–water partition coefficient (Wildman–Crippen LogP) is 3.17. The summed E-state index contributed by atoms with van der Waals surface area (Å²) in [6.07, 6.45) is -4.27. The molecular formula is C11H8F4O2. The van der Waals surface area contributed by atoms with Crippen molar-refractivity contribution in [1.82, 2.24) is 0 Å². The Bertz CT molecular complexity index is 453. The van der Waals surface area contributed by atoms with Gasteiger partial charge < -0.3 is 4.74 Å².